The van der Waals surface area contributed by atoms with Gasteiger partial charge in [0.15, 0.2) is 0 Å². The van der Waals surface area contributed by atoms with Crippen LogP contribution in [-0.4, -0.2) is 30.6 Å². The van der Waals surface area contributed by atoms with Gasteiger partial charge in [-0.05, 0) is 6.08 Å². The summed E-state index contributed by atoms with van der Waals surface area (Å²) < 4.78 is 0. The number of hydrogen-bond acceptors (Lipinski definition) is 2. The summed E-state index contributed by atoms with van der Waals surface area (Å²) in [5.41, 5.74) is 0.484. The van der Waals surface area contributed by atoms with Gasteiger partial charge in [-0.2, -0.15) is 0 Å². The summed E-state index contributed by atoms with van der Waals surface area (Å²) in [4.78, 5) is 16.6. The summed E-state index contributed by atoms with van der Waals surface area (Å²) in [5.74, 6) is -0.0643. The van der Waals surface area contributed by atoms with Crippen molar-refractivity contribution in [2.45, 2.75) is 0 Å². The molecular weight excluding hydrogens is 140 g/mol. The largest absolute Gasteiger partial charge is 0.341 e. The molecule has 1 aliphatic heterocycles. The van der Waals surface area contributed by atoms with Crippen molar-refractivity contribution < 1.29 is 4.79 Å². The molecule has 0 atom stereocenters. The number of hydrogen-bond donors (Lipinski definition) is 0. The Morgan fingerprint density at radius 2 is 2.18 bits per heavy atom. The highest BCUT2D eigenvalue weighted by Crippen LogP contribution is 1.89. The molecule has 0 unspecified atom stereocenters. The van der Waals surface area contributed by atoms with E-state index in [0.29, 0.717) is 5.71 Å². The lowest BCUT2D eigenvalue weighted by Gasteiger charge is -2.04. The molecular formula is C8H10N2O+. The minimum atomic E-state index is -0.0643. The smallest absolute Gasteiger partial charge is 0.339 e. The molecule has 11 heavy (non-hydrogen) atoms. The zero-order valence-electron chi connectivity index (χ0n) is 6.61. The molecule has 0 fully saturated rings. The topological polar surface area (TPSA) is 34.4 Å². The monoisotopic (exact) mass is 150 g/mol. The summed E-state index contributed by atoms with van der Waals surface area (Å²) in [7, 11) is 3.41. The van der Waals surface area contributed by atoms with E-state index in [4.69, 9.17) is 0 Å². The van der Waals surface area contributed by atoms with Crippen molar-refractivity contribution in [1.82, 2.24) is 9.89 Å². The number of carbonyl (C=O) groups excluding carboxylic acids is 1. The van der Waals surface area contributed by atoms with E-state index in [1.54, 1.807) is 38.5 Å². The maximum atomic E-state index is 11.2. The van der Waals surface area contributed by atoms with Gasteiger partial charge in [0.25, 0.3) is 0 Å². The van der Waals surface area contributed by atoms with Gasteiger partial charge in [-0.1, -0.05) is 0 Å². The molecule has 57 valence electrons. The van der Waals surface area contributed by atoms with E-state index < -0.39 is 0 Å². The van der Waals surface area contributed by atoms with Gasteiger partial charge < -0.3 is 4.90 Å². The van der Waals surface area contributed by atoms with Crippen LogP contribution in [0.15, 0.2) is 24.4 Å². The normalized spacial score (nSPS) is 14.5. The molecule has 0 aromatic rings. The Morgan fingerprint density at radius 3 is 2.64 bits per heavy atom. The second kappa shape index (κ2) is 3.14. The van der Waals surface area contributed by atoms with Crippen LogP contribution in [0.5, 0.6) is 0 Å². The molecule has 1 radical (unpaired) electrons. The van der Waals surface area contributed by atoms with Crippen LogP contribution >= 0.6 is 0 Å². The van der Waals surface area contributed by atoms with Crippen LogP contribution in [-0.2, 0) is 4.79 Å². The fourth-order valence-electron chi connectivity index (χ4n) is 0.718. The molecule has 0 aliphatic carbocycles. The lowest BCUT2D eigenvalue weighted by atomic mass is 10.2. The van der Waals surface area contributed by atoms with Crippen molar-refractivity contribution in [2.24, 2.45) is 0 Å². The van der Waals surface area contributed by atoms with E-state index in [9.17, 15) is 4.79 Å². The van der Waals surface area contributed by atoms with Crippen LogP contribution < -0.4 is 4.99 Å². The molecule has 1 rings (SSSR count). The quantitative estimate of drug-likeness (QED) is 0.515. The summed E-state index contributed by atoms with van der Waals surface area (Å²) in [6.07, 6.45) is 6.88. The van der Waals surface area contributed by atoms with Crippen molar-refractivity contribution >= 4 is 11.6 Å². The summed E-state index contributed by atoms with van der Waals surface area (Å²) in [5, 5.41) is 0. The first-order valence-electron chi connectivity index (χ1n) is 3.34. The number of amides is 1. The van der Waals surface area contributed by atoms with E-state index in [2.05, 4.69) is 4.99 Å². The summed E-state index contributed by atoms with van der Waals surface area (Å²) >= 11 is 0. The minimum Gasteiger partial charge on any atom is -0.339 e. The highest BCUT2D eigenvalue weighted by molar-refractivity contribution is 6.43. The van der Waals surface area contributed by atoms with Gasteiger partial charge in [0.2, 0.25) is 6.20 Å². The van der Waals surface area contributed by atoms with Gasteiger partial charge in [0.1, 0.15) is 0 Å². The van der Waals surface area contributed by atoms with E-state index in [0.717, 1.165) is 0 Å². The standard InChI is InChI=1S/C8H10N2O/c1-10(2)8(11)7-5-3-4-6-9-7/h3-6H,1-2H3/q+1. The molecule has 1 aliphatic rings. The van der Waals surface area contributed by atoms with E-state index in [-0.39, 0.29) is 5.91 Å². The highest BCUT2D eigenvalue weighted by atomic mass is 16.2. The van der Waals surface area contributed by atoms with Crippen LogP contribution in [0.25, 0.3) is 0 Å². The van der Waals surface area contributed by atoms with Gasteiger partial charge in [-0.15, -0.1) is 0 Å². The van der Waals surface area contributed by atoms with Crippen LogP contribution in [0.1, 0.15) is 0 Å². The first-order valence-corrected chi connectivity index (χ1v) is 3.34. The fraction of sp³-hybridized carbons (Fsp3) is 0.250. The predicted molar refractivity (Wildman–Crippen MR) is 44.1 cm³/mol. The summed E-state index contributed by atoms with van der Waals surface area (Å²) in [6.45, 7) is 0. The van der Waals surface area contributed by atoms with Crippen molar-refractivity contribution in [1.29, 1.82) is 0 Å². The first-order chi connectivity index (χ1) is 5.22. The number of aliphatic imine (C=N–C) groups is 1. The molecule has 3 heteroatoms. The van der Waals surface area contributed by atoms with Crippen molar-refractivity contribution in [3.8, 4) is 0 Å². The SMILES string of the molecule is CN(C)C(=O)C1=[N+]C=CC=C1. The predicted octanol–water partition coefficient (Wildman–Crippen LogP) is -0.0651. The zero-order chi connectivity index (χ0) is 8.27. The Morgan fingerprint density at radius 1 is 1.45 bits per heavy atom. The Hall–Kier alpha value is -1.38. The van der Waals surface area contributed by atoms with Gasteiger partial charge in [-0.25, -0.2) is 0 Å². The number of nitrogens with zero attached hydrogens (tertiary/aromatic N) is 2. The minimum absolute atomic E-state index is 0.0643. The Balaban J connectivity index is 2.77. The van der Waals surface area contributed by atoms with Crippen LogP contribution in [0.2, 0.25) is 0 Å². The third-order valence-corrected chi connectivity index (χ3v) is 1.29. The van der Waals surface area contributed by atoms with Crippen molar-refractivity contribution in [3.05, 3.63) is 24.4 Å². The molecule has 1 amide bonds. The van der Waals surface area contributed by atoms with Gasteiger partial charge in [-0.3, -0.25) is 4.79 Å². The summed E-state index contributed by atoms with van der Waals surface area (Å²) in [6, 6.07) is 0. The number of rotatable bonds is 1. The van der Waals surface area contributed by atoms with Gasteiger partial charge in [0, 0.05) is 26.2 Å². The molecule has 0 spiro atoms. The highest BCUT2D eigenvalue weighted by Gasteiger charge is 2.20. The van der Waals surface area contributed by atoms with E-state index in [1.165, 1.54) is 4.90 Å². The number of carbonyl (C=O) groups is 1. The van der Waals surface area contributed by atoms with Crippen LogP contribution in [0.3, 0.4) is 0 Å². The van der Waals surface area contributed by atoms with E-state index >= 15 is 0 Å². The Kier molecular flexibility index (Phi) is 2.21. The third-order valence-electron chi connectivity index (χ3n) is 1.29. The number of allylic oxidation sites excluding steroid dienone is 2. The van der Waals surface area contributed by atoms with Gasteiger partial charge >= 0.3 is 11.6 Å². The Bertz CT molecular complexity index is 249. The lowest BCUT2D eigenvalue weighted by Crippen LogP contribution is -2.31. The zero-order valence-corrected chi connectivity index (χ0v) is 6.61. The average molecular weight is 150 g/mol. The fourth-order valence-corrected chi connectivity index (χ4v) is 0.718. The van der Waals surface area contributed by atoms with Crippen molar-refractivity contribution in [3.63, 3.8) is 0 Å². The van der Waals surface area contributed by atoms with Crippen LogP contribution in [0, 0.1) is 0 Å². The first kappa shape index (κ1) is 7.72. The lowest BCUT2D eigenvalue weighted by molar-refractivity contribution is -0.121. The van der Waals surface area contributed by atoms with E-state index in [1.807, 2.05) is 0 Å². The molecule has 1 heterocycles. The molecule has 0 N–H and O–H groups in total. The Labute approximate surface area is 65.7 Å². The maximum Gasteiger partial charge on any atom is 0.341 e. The second-order valence-electron chi connectivity index (χ2n) is 2.41. The van der Waals surface area contributed by atoms with Crippen molar-refractivity contribution in [2.75, 3.05) is 14.1 Å². The van der Waals surface area contributed by atoms with Crippen LogP contribution in [0.4, 0.5) is 0 Å². The molecule has 0 saturated carbocycles. The second-order valence-corrected chi connectivity index (χ2v) is 2.41. The average Bonchev–Trinajstić information content (AvgIpc) is 2.05. The maximum absolute atomic E-state index is 11.2. The van der Waals surface area contributed by atoms with Gasteiger partial charge in [0.05, 0.1) is 4.99 Å². The molecule has 0 saturated heterocycles. The molecule has 0 aromatic carbocycles. The molecule has 3 nitrogen and oxygen atoms in total. The molecule has 0 aromatic heterocycles. The molecule has 0 bridgehead atoms. The third kappa shape index (κ3) is 1.77.